The van der Waals surface area contributed by atoms with Crippen LogP contribution in [0.25, 0.3) is 5.76 Å². The molecule has 0 radical (unpaired) electrons. The van der Waals surface area contributed by atoms with E-state index in [0.29, 0.717) is 11.4 Å². The first kappa shape index (κ1) is 21.7. The van der Waals surface area contributed by atoms with Crippen LogP contribution in [0.4, 0.5) is 17.1 Å². The molecule has 1 unspecified atom stereocenters. The van der Waals surface area contributed by atoms with Crippen LogP contribution in [-0.2, 0) is 9.59 Å². The van der Waals surface area contributed by atoms with E-state index in [1.165, 1.54) is 35.4 Å². The summed E-state index contributed by atoms with van der Waals surface area (Å²) in [6.07, 6.45) is 1.54. The molecule has 0 spiro atoms. The fourth-order valence-electron chi connectivity index (χ4n) is 3.72. The van der Waals surface area contributed by atoms with E-state index in [2.05, 4.69) is 4.98 Å². The van der Waals surface area contributed by atoms with E-state index in [0.717, 1.165) is 5.69 Å². The maximum atomic E-state index is 13.1. The zero-order chi connectivity index (χ0) is 23.7. The van der Waals surface area contributed by atoms with Gasteiger partial charge < -0.3 is 10.0 Å². The fourth-order valence-corrected chi connectivity index (χ4v) is 3.72. The Morgan fingerprint density at radius 1 is 1.03 bits per heavy atom. The van der Waals surface area contributed by atoms with Gasteiger partial charge in [0.05, 0.1) is 16.2 Å². The average Bonchev–Trinajstić information content (AvgIpc) is 3.09. The highest BCUT2D eigenvalue weighted by Crippen LogP contribution is 2.41. The topological polar surface area (TPSA) is 117 Å². The van der Waals surface area contributed by atoms with Gasteiger partial charge in [0.15, 0.2) is 0 Å². The minimum atomic E-state index is -0.966. The van der Waals surface area contributed by atoms with E-state index in [4.69, 9.17) is 0 Å². The van der Waals surface area contributed by atoms with Crippen molar-refractivity contribution in [2.24, 2.45) is 0 Å². The van der Waals surface area contributed by atoms with Gasteiger partial charge in [-0.15, -0.1) is 0 Å². The molecule has 1 aliphatic rings. The summed E-state index contributed by atoms with van der Waals surface area (Å²) in [6.45, 7) is 0. The van der Waals surface area contributed by atoms with Crippen LogP contribution in [0.2, 0.25) is 0 Å². The predicted octanol–water partition coefficient (Wildman–Crippen LogP) is 3.68. The molecule has 0 bridgehead atoms. The van der Waals surface area contributed by atoms with Gasteiger partial charge in [-0.2, -0.15) is 0 Å². The number of nitro benzene ring substituents is 1. The summed E-state index contributed by atoms with van der Waals surface area (Å²) in [7, 11) is 3.78. The van der Waals surface area contributed by atoms with Crippen LogP contribution in [0.1, 0.15) is 17.3 Å². The number of aliphatic hydroxyl groups is 1. The molecule has 1 saturated heterocycles. The second-order valence-electron chi connectivity index (χ2n) is 7.64. The van der Waals surface area contributed by atoms with E-state index in [9.17, 15) is 24.8 Å². The number of hydrogen-bond acceptors (Lipinski definition) is 7. The Morgan fingerprint density at radius 3 is 2.24 bits per heavy atom. The Kier molecular flexibility index (Phi) is 5.61. The lowest BCUT2D eigenvalue weighted by Crippen LogP contribution is -2.29. The van der Waals surface area contributed by atoms with Crippen molar-refractivity contribution in [3.63, 3.8) is 0 Å². The molecule has 9 heteroatoms. The van der Waals surface area contributed by atoms with E-state index in [1.807, 2.05) is 31.1 Å². The predicted molar refractivity (Wildman–Crippen MR) is 123 cm³/mol. The number of pyridine rings is 1. The second-order valence-corrected chi connectivity index (χ2v) is 7.64. The van der Waals surface area contributed by atoms with Gasteiger partial charge >= 0.3 is 0 Å². The summed E-state index contributed by atoms with van der Waals surface area (Å²) >= 11 is 0. The third-order valence-corrected chi connectivity index (χ3v) is 5.41. The SMILES string of the molecule is CN(C)c1ccc(N2C(=O)C(=O)/C(=C(\O)c3ccc([N+](=O)[O-])cc3)C2c2ccccn2)cc1. The molecule has 1 aromatic heterocycles. The lowest BCUT2D eigenvalue weighted by atomic mass is 9.98. The maximum absolute atomic E-state index is 13.1. The van der Waals surface area contributed by atoms with Gasteiger partial charge in [-0.25, -0.2) is 0 Å². The molecule has 3 aromatic rings. The number of aromatic nitrogens is 1. The van der Waals surface area contributed by atoms with E-state index >= 15 is 0 Å². The van der Waals surface area contributed by atoms with Crippen LogP contribution < -0.4 is 9.80 Å². The van der Waals surface area contributed by atoms with Gasteiger partial charge in [0.1, 0.15) is 11.8 Å². The quantitative estimate of drug-likeness (QED) is 0.210. The summed E-state index contributed by atoms with van der Waals surface area (Å²) in [6, 6.07) is 16.3. The first-order valence-electron chi connectivity index (χ1n) is 10.0. The number of anilines is 2. The number of nitro groups is 1. The van der Waals surface area contributed by atoms with Crippen molar-refractivity contribution in [3.8, 4) is 0 Å². The number of nitrogens with zero attached hydrogens (tertiary/aromatic N) is 4. The lowest BCUT2D eigenvalue weighted by molar-refractivity contribution is -0.384. The molecule has 2 aromatic carbocycles. The molecule has 1 aliphatic heterocycles. The van der Waals surface area contributed by atoms with Crippen molar-refractivity contribution in [2.75, 3.05) is 23.9 Å². The molecule has 9 nitrogen and oxygen atoms in total. The largest absolute Gasteiger partial charge is 0.507 e. The summed E-state index contributed by atoms with van der Waals surface area (Å²) in [5.41, 5.74) is 1.68. The Balaban J connectivity index is 1.87. The average molecular weight is 444 g/mol. The second kappa shape index (κ2) is 8.54. The summed E-state index contributed by atoms with van der Waals surface area (Å²) < 4.78 is 0. The highest BCUT2D eigenvalue weighted by molar-refractivity contribution is 6.51. The smallest absolute Gasteiger partial charge is 0.300 e. The van der Waals surface area contributed by atoms with Crippen molar-refractivity contribution < 1.29 is 19.6 Å². The minimum Gasteiger partial charge on any atom is -0.507 e. The van der Waals surface area contributed by atoms with Crippen molar-refractivity contribution in [1.29, 1.82) is 0 Å². The Bertz CT molecular complexity index is 1250. The van der Waals surface area contributed by atoms with Gasteiger partial charge in [-0.1, -0.05) is 6.07 Å². The summed E-state index contributed by atoms with van der Waals surface area (Å²) in [5, 5.41) is 22.0. The van der Waals surface area contributed by atoms with Crippen LogP contribution in [0.5, 0.6) is 0 Å². The minimum absolute atomic E-state index is 0.135. The number of Topliss-reactive ketones (excluding diaryl/α,β-unsaturated/α-hetero) is 1. The fraction of sp³-hybridized carbons (Fsp3) is 0.125. The van der Waals surface area contributed by atoms with Crippen molar-refractivity contribution in [1.82, 2.24) is 4.98 Å². The number of aliphatic hydroxyl groups excluding tert-OH is 1. The Labute approximate surface area is 189 Å². The summed E-state index contributed by atoms with van der Waals surface area (Å²) in [5.74, 6) is -2.09. The van der Waals surface area contributed by atoms with Crippen LogP contribution in [0, 0.1) is 10.1 Å². The highest BCUT2D eigenvalue weighted by Gasteiger charge is 2.47. The van der Waals surface area contributed by atoms with E-state index in [-0.39, 0.29) is 16.8 Å². The van der Waals surface area contributed by atoms with Gasteiger partial charge in [0.25, 0.3) is 17.4 Å². The molecule has 1 N–H and O–H groups in total. The zero-order valence-corrected chi connectivity index (χ0v) is 17.9. The third-order valence-electron chi connectivity index (χ3n) is 5.41. The molecule has 0 aliphatic carbocycles. The van der Waals surface area contributed by atoms with Crippen molar-refractivity contribution in [3.05, 3.63) is 99.9 Å². The molecule has 2 heterocycles. The molecule has 0 saturated carbocycles. The van der Waals surface area contributed by atoms with Crippen molar-refractivity contribution >= 4 is 34.5 Å². The molecule has 4 rings (SSSR count). The number of benzene rings is 2. The van der Waals surface area contributed by atoms with Gasteiger partial charge in [-0.3, -0.25) is 29.6 Å². The van der Waals surface area contributed by atoms with E-state index < -0.39 is 28.4 Å². The number of ketones is 1. The first-order valence-corrected chi connectivity index (χ1v) is 10.0. The number of carbonyl (C=O) groups is 2. The number of hydrogen-bond donors (Lipinski definition) is 1. The number of amides is 1. The zero-order valence-electron chi connectivity index (χ0n) is 17.9. The summed E-state index contributed by atoms with van der Waals surface area (Å²) in [4.78, 5) is 44.1. The number of non-ortho nitro benzene ring substituents is 1. The maximum Gasteiger partial charge on any atom is 0.300 e. The third kappa shape index (κ3) is 3.91. The Hall–Kier alpha value is -4.53. The Morgan fingerprint density at radius 2 is 1.70 bits per heavy atom. The molecule has 166 valence electrons. The normalized spacial score (nSPS) is 17.3. The van der Waals surface area contributed by atoms with Gasteiger partial charge in [-0.05, 0) is 48.5 Å². The van der Waals surface area contributed by atoms with Crippen LogP contribution in [-0.4, -0.2) is 40.8 Å². The van der Waals surface area contributed by atoms with E-state index in [1.54, 1.807) is 30.3 Å². The lowest BCUT2D eigenvalue weighted by Gasteiger charge is -2.25. The molecule has 1 atom stereocenters. The molecular weight excluding hydrogens is 424 g/mol. The van der Waals surface area contributed by atoms with Gasteiger partial charge in [0, 0.05) is 49.4 Å². The monoisotopic (exact) mass is 444 g/mol. The van der Waals surface area contributed by atoms with Crippen molar-refractivity contribution in [2.45, 2.75) is 6.04 Å². The first-order chi connectivity index (χ1) is 15.8. The highest BCUT2D eigenvalue weighted by atomic mass is 16.6. The van der Waals surface area contributed by atoms with Gasteiger partial charge in [0.2, 0.25) is 0 Å². The standard InChI is InChI=1S/C24H20N4O5/c1-26(2)16-10-12-17(13-11-16)27-21(19-5-3-4-14-25-19)20(23(30)24(27)31)22(29)15-6-8-18(9-7-15)28(32)33/h3-14,21,29H,1-2H3/b22-20-. The molecule has 1 fully saturated rings. The molecule has 1 amide bonds. The number of carbonyl (C=O) groups excluding carboxylic acids is 2. The van der Waals surface area contributed by atoms with Crippen LogP contribution >= 0.6 is 0 Å². The van der Waals surface area contributed by atoms with Crippen LogP contribution in [0.15, 0.2) is 78.5 Å². The number of rotatable bonds is 5. The molecular formula is C24H20N4O5. The van der Waals surface area contributed by atoms with Crippen LogP contribution in [0.3, 0.4) is 0 Å². The molecule has 33 heavy (non-hydrogen) atoms.